The van der Waals surface area contributed by atoms with Crippen LogP contribution in [0.2, 0.25) is 0 Å². The van der Waals surface area contributed by atoms with E-state index >= 15 is 0 Å². The van der Waals surface area contributed by atoms with E-state index < -0.39 is 0 Å². The van der Waals surface area contributed by atoms with Gasteiger partial charge in [-0.3, -0.25) is 4.68 Å². The molecular weight excluding hydrogens is 198 g/mol. The summed E-state index contributed by atoms with van der Waals surface area (Å²) in [5.74, 6) is 0. The van der Waals surface area contributed by atoms with Crippen LogP contribution in [0.3, 0.4) is 0 Å². The molecule has 0 fully saturated rings. The average Bonchev–Trinajstić information content (AvgIpc) is 2.57. The minimum Gasteiger partial charge on any atom is -0.312 e. The second kappa shape index (κ2) is 5.48. The Bertz CT molecular complexity index is 309. The number of hydrogen-bond donors (Lipinski definition) is 1. The van der Waals surface area contributed by atoms with E-state index in [0.717, 1.165) is 12.2 Å². The molecule has 0 saturated carbocycles. The molecule has 0 saturated heterocycles. The van der Waals surface area contributed by atoms with Gasteiger partial charge in [0.05, 0.1) is 5.69 Å². The fourth-order valence-corrected chi connectivity index (χ4v) is 1.67. The zero-order valence-electron chi connectivity index (χ0n) is 11.2. The van der Waals surface area contributed by atoms with Crippen LogP contribution in [0.25, 0.3) is 0 Å². The summed E-state index contributed by atoms with van der Waals surface area (Å²) in [7, 11) is 0. The van der Waals surface area contributed by atoms with Gasteiger partial charge in [-0.1, -0.05) is 0 Å². The topological polar surface area (TPSA) is 29.9 Å². The molecule has 0 aliphatic rings. The maximum atomic E-state index is 4.43. The van der Waals surface area contributed by atoms with Gasteiger partial charge >= 0.3 is 0 Å². The fraction of sp³-hybridized carbons (Fsp3) is 0.769. The van der Waals surface area contributed by atoms with E-state index in [9.17, 15) is 0 Å². The van der Waals surface area contributed by atoms with E-state index in [0.29, 0.717) is 6.04 Å². The van der Waals surface area contributed by atoms with Gasteiger partial charge in [0.1, 0.15) is 0 Å². The van der Waals surface area contributed by atoms with E-state index in [2.05, 4.69) is 55.1 Å². The molecule has 0 spiro atoms. The van der Waals surface area contributed by atoms with Gasteiger partial charge in [0.25, 0.3) is 0 Å². The molecule has 0 aromatic carbocycles. The lowest BCUT2D eigenvalue weighted by molar-refractivity contribution is 0.389. The van der Waals surface area contributed by atoms with Crippen molar-refractivity contribution in [1.82, 2.24) is 15.1 Å². The molecule has 0 aliphatic heterocycles. The van der Waals surface area contributed by atoms with Crippen LogP contribution in [-0.4, -0.2) is 21.9 Å². The van der Waals surface area contributed by atoms with Crippen molar-refractivity contribution < 1.29 is 0 Å². The van der Waals surface area contributed by atoms with E-state index in [1.165, 1.54) is 12.8 Å². The number of aromatic nitrogens is 2. The van der Waals surface area contributed by atoms with Crippen molar-refractivity contribution in [3.63, 3.8) is 0 Å². The highest BCUT2D eigenvalue weighted by atomic mass is 15.3. The van der Waals surface area contributed by atoms with Crippen LogP contribution in [0.15, 0.2) is 12.3 Å². The number of nitrogens with one attached hydrogen (secondary N) is 1. The Labute approximate surface area is 99.2 Å². The molecule has 1 unspecified atom stereocenters. The lowest BCUT2D eigenvalue weighted by atomic mass is 10.1. The van der Waals surface area contributed by atoms with Crippen LogP contribution in [0, 0.1) is 6.92 Å². The van der Waals surface area contributed by atoms with Crippen molar-refractivity contribution in [3.05, 3.63) is 18.0 Å². The molecule has 16 heavy (non-hydrogen) atoms. The monoisotopic (exact) mass is 223 g/mol. The molecule has 3 nitrogen and oxygen atoms in total. The van der Waals surface area contributed by atoms with Crippen LogP contribution in [0.4, 0.5) is 0 Å². The summed E-state index contributed by atoms with van der Waals surface area (Å²) in [6.45, 7) is 11.9. The van der Waals surface area contributed by atoms with Crippen molar-refractivity contribution in [1.29, 1.82) is 0 Å². The minimum atomic E-state index is 0.228. The lowest BCUT2D eigenvalue weighted by Crippen LogP contribution is -2.36. The first kappa shape index (κ1) is 13.2. The van der Waals surface area contributed by atoms with Gasteiger partial charge in [0.15, 0.2) is 0 Å². The minimum absolute atomic E-state index is 0.228. The van der Waals surface area contributed by atoms with Gasteiger partial charge in [0.2, 0.25) is 0 Å². The highest BCUT2D eigenvalue weighted by molar-refractivity contribution is 4.95. The van der Waals surface area contributed by atoms with Crippen molar-refractivity contribution in [2.45, 2.75) is 59.0 Å². The SMILES string of the molecule is Cc1ccn(C(C)CCCNC(C)(C)C)n1. The zero-order chi connectivity index (χ0) is 12.2. The maximum Gasteiger partial charge on any atom is 0.0593 e. The predicted molar refractivity (Wildman–Crippen MR) is 68.7 cm³/mol. The normalized spacial score (nSPS) is 14.1. The standard InChI is InChI=1S/C13H25N3/c1-11-8-10-16(15-11)12(2)7-6-9-14-13(3,4)5/h8,10,12,14H,6-7,9H2,1-5H3. The van der Waals surface area contributed by atoms with Crippen LogP contribution in [0.5, 0.6) is 0 Å². The van der Waals surface area contributed by atoms with Gasteiger partial charge in [-0.05, 0) is 60.1 Å². The molecule has 1 N–H and O–H groups in total. The van der Waals surface area contributed by atoms with Gasteiger partial charge < -0.3 is 5.32 Å². The molecule has 0 bridgehead atoms. The highest BCUT2D eigenvalue weighted by Crippen LogP contribution is 2.12. The molecule has 0 radical (unpaired) electrons. The van der Waals surface area contributed by atoms with E-state index in [1.54, 1.807) is 0 Å². The predicted octanol–water partition coefficient (Wildman–Crippen LogP) is 2.92. The lowest BCUT2D eigenvalue weighted by Gasteiger charge is -2.21. The first-order chi connectivity index (χ1) is 7.38. The zero-order valence-corrected chi connectivity index (χ0v) is 11.2. The van der Waals surface area contributed by atoms with Crippen molar-refractivity contribution in [2.24, 2.45) is 0 Å². The van der Waals surface area contributed by atoms with Crippen LogP contribution >= 0.6 is 0 Å². The number of hydrogen-bond acceptors (Lipinski definition) is 2. The fourth-order valence-electron chi connectivity index (χ4n) is 1.67. The molecule has 1 aromatic heterocycles. The highest BCUT2D eigenvalue weighted by Gasteiger charge is 2.09. The summed E-state index contributed by atoms with van der Waals surface area (Å²) in [5, 5.41) is 7.94. The van der Waals surface area contributed by atoms with E-state index in [4.69, 9.17) is 0 Å². The quantitative estimate of drug-likeness (QED) is 0.778. The Kier molecular flexibility index (Phi) is 4.54. The Morgan fingerprint density at radius 2 is 2.12 bits per heavy atom. The second-order valence-corrected chi connectivity index (χ2v) is 5.61. The summed E-state index contributed by atoms with van der Waals surface area (Å²) >= 11 is 0. The van der Waals surface area contributed by atoms with E-state index in [-0.39, 0.29) is 5.54 Å². The summed E-state index contributed by atoms with van der Waals surface area (Å²) in [4.78, 5) is 0. The van der Waals surface area contributed by atoms with Gasteiger partial charge in [-0.25, -0.2) is 0 Å². The summed E-state index contributed by atoms with van der Waals surface area (Å²) < 4.78 is 2.06. The van der Waals surface area contributed by atoms with Gasteiger partial charge in [0, 0.05) is 17.8 Å². The number of rotatable bonds is 5. The Balaban J connectivity index is 2.23. The molecule has 0 amide bonds. The number of aryl methyl sites for hydroxylation is 1. The van der Waals surface area contributed by atoms with Crippen LogP contribution in [-0.2, 0) is 0 Å². The Morgan fingerprint density at radius 3 is 2.62 bits per heavy atom. The number of nitrogens with zero attached hydrogens (tertiary/aromatic N) is 2. The third-order valence-electron chi connectivity index (χ3n) is 2.65. The molecule has 3 heteroatoms. The second-order valence-electron chi connectivity index (χ2n) is 5.61. The van der Waals surface area contributed by atoms with Crippen molar-refractivity contribution >= 4 is 0 Å². The van der Waals surface area contributed by atoms with Crippen LogP contribution in [0.1, 0.15) is 52.3 Å². The summed E-state index contributed by atoms with van der Waals surface area (Å²) in [6.07, 6.45) is 4.43. The molecule has 92 valence electrons. The van der Waals surface area contributed by atoms with Gasteiger partial charge in [-0.2, -0.15) is 5.10 Å². The largest absolute Gasteiger partial charge is 0.312 e. The molecule has 1 rings (SSSR count). The molecule has 1 atom stereocenters. The Hall–Kier alpha value is -0.830. The average molecular weight is 223 g/mol. The van der Waals surface area contributed by atoms with Crippen LogP contribution < -0.4 is 5.32 Å². The molecule has 1 heterocycles. The van der Waals surface area contributed by atoms with Crippen molar-refractivity contribution in [3.8, 4) is 0 Å². The first-order valence-corrected chi connectivity index (χ1v) is 6.15. The first-order valence-electron chi connectivity index (χ1n) is 6.15. The van der Waals surface area contributed by atoms with Gasteiger partial charge in [-0.15, -0.1) is 0 Å². The third-order valence-corrected chi connectivity index (χ3v) is 2.65. The summed E-state index contributed by atoms with van der Waals surface area (Å²) in [5.41, 5.74) is 1.32. The molecular formula is C13H25N3. The smallest absolute Gasteiger partial charge is 0.0593 e. The molecule has 1 aromatic rings. The van der Waals surface area contributed by atoms with E-state index in [1.807, 2.05) is 6.92 Å². The maximum absolute atomic E-state index is 4.43. The third kappa shape index (κ3) is 4.79. The Morgan fingerprint density at radius 1 is 1.44 bits per heavy atom. The molecule has 0 aliphatic carbocycles. The summed E-state index contributed by atoms with van der Waals surface area (Å²) in [6, 6.07) is 2.56. The van der Waals surface area contributed by atoms with Crippen molar-refractivity contribution in [2.75, 3.05) is 6.54 Å².